The molecule has 0 atom stereocenters. The third kappa shape index (κ3) is 3.24. The molecule has 1 heterocycles. The molecule has 1 fully saturated rings. The van der Waals surface area contributed by atoms with E-state index < -0.39 is 0 Å². The summed E-state index contributed by atoms with van der Waals surface area (Å²) in [5.74, 6) is 0.111. The average molecular weight is 303 g/mol. The van der Waals surface area contributed by atoms with Crippen LogP contribution < -0.4 is 10.2 Å². The first kappa shape index (κ1) is 14.1. The maximum atomic E-state index is 9.45. The summed E-state index contributed by atoms with van der Waals surface area (Å²) in [4.78, 5) is 2.45. The van der Waals surface area contributed by atoms with Gasteiger partial charge in [0.2, 0.25) is 0 Å². The maximum Gasteiger partial charge on any atom is 0.134 e. The van der Waals surface area contributed by atoms with Crippen molar-refractivity contribution in [1.82, 2.24) is 0 Å². The van der Waals surface area contributed by atoms with E-state index in [2.05, 4.69) is 34.5 Å². The highest BCUT2D eigenvalue weighted by molar-refractivity contribution is 6.32. The number of phenolic OH excluding ortho intramolecular Hbond substituents is 1. The van der Waals surface area contributed by atoms with Crippen LogP contribution in [0.4, 0.5) is 11.4 Å². The summed E-state index contributed by atoms with van der Waals surface area (Å²) in [7, 11) is 0. The minimum absolute atomic E-state index is 0.111. The summed E-state index contributed by atoms with van der Waals surface area (Å²) < 4.78 is 0. The molecule has 0 bridgehead atoms. The SMILES string of the molecule is Oc1ccc(NCc2ccccc2N2CCCC2)cc1Cl. The molecule has 110 valence electrons. The van der Waals surface area contributed by atoms with E-state index in [0.29, 0.717) is 5.02 Å². The number of halogens is 1. The molecule has 2 aromatic rings. The van der Waals surface area contributed by atoms with Gasteiger partial charge in [-0.15, -0.1) is 0 Å². The summed E-state index contributed by atoms with van der Waals surface area (Å²) in [6, 6.07) is 13.7. The van der Waals surface area contributed by atoms with E-state index in [0.717, 1.165) is 25.3 Å². The van der Waals surface area contributed by atoms with Crippen LogP contribution in [0.5, 0.6) is 5.75 Å². The van der Waals surface area contributed by atoms with Crippen molar-refractivity contribution in [2.45, 2.75) is 19.4 Å². The van der Waals surface area contributed by atoms with Crippen molar-refractivity contribution >= 4 is 23.0 Å². The van der Waals surface area contributed by atoms with Gasteiger partial charge in [-0.25, -0.2) is 0 Å². The number of aromatic hydroxyl groups is 1. The largest absolute Gasteiger partial charge is 0.506 e. The quantitative estimate of drug-likeness (QED) is 0.829. The standard InChI is InChI=1S/C17H19ClN2O/c18-15-11-14(7-8-17(15)21)19-12-13-5-1-2-6-16(13)20-9-3-4-10-20/h1-2,5-8,11,19,21H,3-4,9-10,12H2. The smallest absolute Gasteiger partial charge is 0.134 e. The first-order valence-electron chi connectivity index (χ1n) is 7.29. The Balaban J connectivity index is 1.74. The average Bonchev–Trinajstić information content (AvgIpc) is 3.03. The Bertz CT molecular complexity index is 624. The Labute approximate surface area is 130 Å². The Morgan fingerprint density at radius 2 is 1.86 bits per heavy atom. The Kier molecular flexibility index (Phi) is 4.20. The fourth-order valence-electron chi connectivity index (χ4n) is 2.74. The molecule has 4 heteroatoms. The summed E-state index contributed by atoms with van der Waals surface area (Å²) in [5, 5.41) is 13.2. The van der Waals surface area contributed by atoms with Gasteiger partial charge in [0.05, 0.1) is 5.02 Å². The highest BCUT2D eigenvalue weighted by Gasteiger charge is 2.15. The van der Waals surface area contributed by atoms with E-state index >= 15 is 0 Å². The molecule has 1 aliphatic rings. The molecule has 0 aliphatic carbocycles. The summed E-state index contributed by atoms with van der Waals surface area (Å²) in [6.45, 7) is 3.03. The lowest BCUT2D eigenvalue weighted by Crippen LogP contribution is -2.19. The van der Waals surface area contributed by atoms with Crippen LogP contribution in [0.1, 0.15) is 18.4 Å². The van der Waals surface area contributed by atoms with Crippen molar-refractivity contribution in [3.8, 4) is 5.75 Å². The highest BCUT2D eigenvalue weighted by Crippen LogP contribution is 2.28. The number of anilines is 2. The highest BCUT2D eigenvalue weighted by atomic mass is 35.5. The monoisotopic (exact) mass is 302 g/mol. The fourth-order valence-corrected chi connectivity index (χ4v) is 2.92. The molecule has 21 heavy (non-hydrogen) atoms. The van der Waals surface area contributed by atoms with E-state index in [4.69, 9.17) is 11.6 Å². The Hall–Kier alpha value is -1.87. The molecular weight excluding hydrogens is 284 g/mol. The van der Waals surface area contributed by atoms with Gasteiger partial charge >= 0.3 is 0 Å². The molecule has 0 unspecified atom stereocenters. The number of hydrogen-bond acceptors (Lipinski definition) is 3. The predicted molar refractivity (Wildman–Crippen MR) is 88.3 cm³/mol. The number of phenols is 1. The number of nitrogens with zero attached hydrogens (tertiary/aromatic N) is 1. The van der Waals surface area contributed by atoms with Crippen LogP contribution >= 0.6 is 11.6 Å². The Morgan fingerprint density at radius 3 is 2.62 bits per heavy atom. The second kappa shape index (κ2) is 6.27. The zero-order valence-electron chi connectivity index (χ0n) is 11.8. The van der Waals surface area contributed by atoms with E-state index in [1.54, 1.807) is 12.1 Å². The van der Waals surface area contributed by atoms with Crippen LogP contribution in [0, 0.1) is 0 Å². The predicted octanol–water partition coefficient (Wildman–Crippen LogP) is 4.26. The fraction of sp³-hybridized carbons (Fsp3) is 0.294. The van der Waals surface area contributed by atoms with E-state index in [-0.39, 0.29) is 5.75 Å². The molecule has 3 nitrogen and oxygen atoms in total. The zero-order valence-corrected chi connectivity index (χ0v) is 12.6. The second-order valence-corrected chi connectivity index (χ2v) is 5.75. The summed E-state index contributed by atoms with van der Waals surface area (Å²) >= 11 is 5.93. The number of benzene rings is 2. The number of rotatable bonds is 4. The molecule has 0 radical (unpaired) electrons. The Morgan fingerprint density at radius 1 is 1.10 bits per heavy atom. The minimum Gasteiger partial charge on any atom is -0.506 e. The first-order valence-corrected chi connectivity index (χ1v) is 7.67. The number of nitrogens with one attached hydrogen (secondary N) is 1. The lowest BCUT2D eigenvalue weighted by Gasteiger charge is -2.21. The lowest BCUT2D eigenvalue weighted by atomic mass is 10.1. The van der Waals surface area contributed by atoms with Gasteiger partial charge < -0.3 is 15.3 Å². The first-order chi connectivity index (χ1) is 10.2. The third-order valence-electron chi connectivity index (χ3n) is 3.87. The minimum atomic E-state index is 0.111. The molecule has 0 amide bonds. The van der Waals surface area contributed by atoms with Crippen molar-refractivity contribution in [3.05, 3.63) is 53.1 Å². The number of para-hydroxylation sites is 1. The van der Waals surface area contributed by atoms with Crippen molar-refractivity contribution in [3.63, 3.8) is 0 Å². The zero-order chi connectivity index (χ0) is 14.7. The molecule has 0 aromatic heterocycles. The van der Waals surface area contributed by atoms with Crippen LogP contribution in [0.2, 0.25) is 5.02 Å². The number of hydrogen-bond donors (Lipinski definition) is 2. The van der Waals surface area contributed by atoms with Gasteiger partial charge in [-0.2, -0.15) is 0 Å². The van der Waals surface area contributed by atoms with Crippen LogP contribution in [-0.2, 0) is 6.54 Å². The molecule has 3 rings (SSSR count). The molecule has 0 spiro atoms. The molecule has 2 N–H and O–H groups in total. The van der Waals surface area contributed by atoms with Gasteiger partial charge in [-0.05, 0) is 42.7 Å². The summed E-state index contributed by atoms with van der Waals surface area (Å²) in [5.41, 5.74) is 3.50. The molecule has 1 saturated heterocycles. The van der Waals surface area contributed by atoms with Crippen molar-refractivity contribution < 1.29 is 5.11 Å². The van der Waals surface area contributed by atoms with E-state index in [1.807, 2.05) is 6.07 Å². The van der Waals surface area contributed by atoms with Gasteiger partial charge in [-0.3, -0.25) is 0 Å². The van der Waals surface area contributed by atoms with Crippen LogP contribution in [0.15, 0.2) is 42.5 Å². The van der Waals surface area contributed by atoms with E-state index in [9.17, 15) is 5.11 Å². The van der Waals surface area contributed by atoms with Crippen LogP contribution in [-0.4, -0.2) is 18.2 Å². The van der Waals surface area contributed by atoms with Crippen molar-refractivity contribution in [2.24, 2.45) is 0 Å². The van der Waals surface area contributed by atoms with Gasteiger partial charge in [0.1, 0.15) is 5.75 Å². The van der Waals surface area contributed by atoms with Gasteiger partial charge in [0, 0.05) is 31.0 Å². The van der Waals surface area contributed by atoms with Crippen LogP contribution in [0.3, 0.4) is 0 Å². The second-order valence-electron chi connectivity index (χ2n) is 5.34. The molecule has 1 aliphatic heterocycles. The van der Waals surface area contributed by atoms with Crippen molar-refractivity contribution in [1.29, 1.82) is 0 Å². The van der Waals surface area contributed by atoms with Crippen LogP contribution in [0.25, 0.3) is 0 Å². The lowest BCUT2D eigenvalue weighted by molar-refractivity contribution is 0.475. The molecular formula is C17H19ClN2O. The van der Waals surface area contributed by atoms with Gasteiger partial charge in [0.15, 0.2) is 0 Å². The van der Waals surface area contributed by atoms with Crippen molar-refractivity contribution in [2.75, 3.05) is 23.3 Å². The van der Waals surface area contributed by atoms with Gasteiger partial charge in [0.25, 0.3) is 0 Å². The summed E-state index contributed by atoms with van der Waals surface area (Å²) in [6.07, 6.45) is 2.55. The molecule has 0 saturated carbocycles. The topological polar surface area (TPSA) is 35.5 Å². The van der Waals surface area contributed by atoms with E-state index in [1.165, 1.54) is 24.1 Å². The molecule has 2 aromatic carbocycles. The normalized spacial score (nSPS) is 14.4. The third-order valence-corrected chi connectivity index (χ3v) is 4.17. The van der Waals surface area contributed by atoms with Gasteiger partial charge in [-0.1, -0.05) is 29.8 Å². The maximum absolute atomic E-state index is 9.45.